The summed E-state index contributed by atoms with van der Waals surface area (Å²) in [6.07, 6.45) is 0. The number of nitro benzene ring substituents is 1. The van der Waals surface area contributed by atoms with Gasteiger partial charge in [-0.05, 0) is 32.0 Å². The first-order chi connectivity index (χ1) is 10.8. The maximum atomic E-state index is 12.4. The van der Waals surface area contributed by atoms with Crippen LogP contribution in [0.2, 0.25) is 0 Å². The van der Waals surface area contributed by atoms with Crippen LogP contribution in [0.5, 0.6) is 5.75 Å². The molecule has 2 aromatic rings. The first-order valence-corrected chi connectivity index (χ1v) is 8.32. The van der Waals surface area contributed by atoms with E-state index in [9.17, 15) is 18.5 Å². The van der Waals surface area contributed by atoms with Crippen molar-refractivity contribution < 1.29 is 18.1 Å². The molecule has 0 saturated carbocycles. The van der Waals surface area contributed by atoms with Crippen molar-refractivity contribution in [2.75, 3.05) is 11.3 Å². The number of benzene rings is 2. The van der Waals surface area contributed by atoms with Gasteiger partial charge in [-0.15, -0.1) is 0 Å². The summed E-state index contributed by atoms with van der Waals surface area (Å²) in [7, 11) is -3.93. The van der Waals surface area contributed by atoms with Crippen molar-refractivity contribution in [3.63, 3.8) is 0 Å². The summed E-state index contributed by atoms with van der Waals surface area (Å²) in [5.41, 5.74) is 0.430. The zero-order valence-electron chi connectivity index (χ0n) is 12.6. The van der Waals surface area contributed by atoms with Crippen molar-refractivity contribution in [2.24, 2.45) is 0 Å². The molecule has 0 amide bonds. The van der Waals surface area contributed by atoms with Crippen molar-refractivity contribution in [2.45, 2.75) is 18.7 Å². The molecular weight excluding hydrogens is 320 g/mol. The average molecular weight is 336 g/mol. The van der Waals surface area contributed by atoms with E-state index in [1.807, 2.05) is 6.92 Å². The molecule has 0 aliphatic carbocycles. The monoisotopic (exact) mass is 336 g/mol. The summed E-state index contributed by atoms with van der Waals surface area (Å²) >= 11 is 0. The van der Waals surface area contributed by atoms with E-state index in [1.165, 1.54) is 30.3 Å². The zero-order chi connectivity index (χ0) is 17.0. The first-order valence-electron chi connectivity index (χ1n) is 6.84. The molecule has 2 rings (SSSR count). The summed E-state index contributed by atoms with van der Waals surface area (Å²) in [6.45, 7) is 3.96. The highest BCUT2D eigenvalue weighted by Gasteiger charge is 2.21. The quantitative estimate of drug-likeness (QED) is 0.645. The lowest BCUT2D eigenvalue weighted by Crippen LogP contribution is -2.14. The van der Waals surface area contributed by atoms with Gasteiger partial charge in [0.25, 0.3) is 15.7 Å². The van der Waals surface area contributed by atoms with Gasteiger partial charge in [-0.25, -0.2) is 8.42 Å². The molecule has 23 heavy (non-hydrogen) atoms. The molecule has 0 unspecified atom stereocenters. The molecule has 0 radical (unpaired) electrons. The third kappa shape index (κ3) is 3.98. The molecule has 0 saturated heterocycles. The SMILES string of the molecule is CCOc1ccc([N+](=O)[O-])c(NS(=O)(=O)c2ccc(C)cc2)c1. The highest BCUT2D eigenvalue weighted by Crippen LogP contribution is 2.31. The Labute approximate surface area is 134 Å². The van der Waals surface area contributed by atoms with Crippen LogP contribution in [0.15, 0.2) is 47.4 Å². The molecule has 0 atom stereocenters. The maximum Gasteiger partial charge on any atom is 0.293 e. The summed E-state index contributed by atoms with van der Waals surface area (Å²) in [6, 6.07) is 10.1. The lowest BCUT2D eigenvalue weighted by Gasteiger charge is -2.10. The van der Waals surface area contributed by atoms with Gasteiger partial charge >= 0.3 is 0 Å². The predicted molar refractivity (Wildman–Crippen MR) is 86.3 cm³/mol. The number of rotatable bonds is 6. The van der Waals surface area contributed by atoms with Gasteiger partial charge < -0.3 is 4.74 Å². The molecule has 7 nitrogen and oxygen atoms in total. The molecule has 0 aromatic heterocycles. The van der Waals surface area contributed by atoms with Crippen LogP contribution in [0.3, 0.4) is 0 Å². The number of nitrogens with zero attached hydrogens (tertiary/aromatic N) is 1. The van der Waals surface area contributed by atoms with E-state index in [2.05, 4.69) is 4.72 Å². The second-order valence-corrected chi connectivity index (χ2v) is 6.47. The topological polar surface area (TPSA) is 98.5 Å². The normalized spacial score (nSPS) is 11.0. The van der Waals surface area contributed by atoms with Gasteiger partial charge in [-0.2, -0.15) is 0 Å². The average Bonchev–Trinajstić information content (AvgIpc) is 2.47. The van der Waals surface area contributed by atoms with Gasteiger partial charge in [-0.3, -0.25) is 14.8 Å². The number of anilines is 1. The summed E-state index contributed by atoms with van der Waals surface area (Å²) < 4.78 is 32.3. The van der Waals surface area contributed by atoms with E-state index < -0.39 is 14.9 Å². The molecule has 0 bridgehead atoms. The fourth-order valence-corrected chi connectivity index (χ4v) is 3.00. The molecular formula is C15H16N2O5S. The Hall–Kier alpha value is -2.61. The van der Waals surface area contributed by atoms with Gasteiger partial charge in [0.2, 0.25) is 0 Å². The van der Waals surface area contributed by atoms with Gasteiger partial charge in [0.1, 0.15) is 11.4 Å². The van der Waals surface area contributed by atoms with E-state index in [4.69, 9.17) is 4.74 Å². The van der Waals surface area contributed by atoms with E-state index in [1.54, 1.807) is 19.1 Å². The predicted octanol–water partition coefficient (Wildman–Crippen LogP) is 3.10. The third-order valence-electron chi connectivity index (χ3n) is 3.05. The Balaban J connectivity index is 2.42. The highest BCUT2D eigenvalue weighted by molar-refractivity contribution is 7.92. The van der Waals surface area contributed by atoms with Gasteiger partial charge in [-0.1, -0.05) is 17.7 Å². The summed E-state index contributed by atoms with van der Waals surface area (Å²) in [5, 5.41) is 11.1. The van der Waals surface area contributed by atoms with Gasteiger partial charge in [0, 0.05) is 12.1 Å². The van der Waals surface area contributed by atoms with Crippen molar-refractivity contribution in [3.05, 3.63) is 58.1 Å². The second-order valence-electron chi connectivity index (χ2n) is 4.79. The van der Waals surface area contributed by atoms with Crippen LogP contribution in [0.25, 0.3) is 0 Å². The van der Waals surface area contributed by atoms with E-state index in [-0.39, 0.29) is 16.3 Å². The second kappa shape index (κ2) is 6.66. The number of hydrogen-bond donors (Lipinski definition) is 1. The molecule has 8 heteroatoms. The van der Waals surface area contributed by atoms with E-state index in [0.29, 0.717) is 12.4 Å². The maximum absolute atomic E-state index is 12.4. The Bertz CT molecular complexity index is 816. The molecule has 0 fully saturated rings. The van der Waals surface area contributed by atoms with Crippen LogP contribution < -0.4 is 9.46 Å². The number of aryl methyl sites for hydroxylation is 1. The van der Waals surface area contributed by atoms with E-state index >= 15 is 0 Å². The number of nitro groups is 1. The Morgan fingerprint density at radius 1 is 1.17 bits per heavy atom. The standard InChI is InChI=1S/C15H16N2O5S/c1-3-22-12-6-9-15(17(18)19)14(10-12)16-23(20,21)13-7-4-11(2)5-8-13/h4-10,16H,3H2,1-2H3. The minimum atomic E-state index is -3.93. The molecule has 122 valence electrons. The summed E-state index contributed by atoms with van der Waals surface area (Å²) in [5.74, 6) is 0.347. The van der Waals surface area contributed by atoms with Crippen LogP contribution in [0.1, 0.15) is 12.5 Å². The van der Waals surface area contributed by atoms with Crippen LogP contribution in [-0.2, 0) is 10.0 Å². The largest absolute Gasteiger partial charge is 0.494 e. The molecule has 0 heterocycles. The fourth-order valence-electron chi connectivity index (χ4n) is 1.93. The number of ether oxygens (including phenoxy) is 1. The van der Waals surface area contributed by atoms with Crippen LogP contribution >= 0.6 is 0 Å². The first kappa shape index (κ1) is 16.8. The van der Waals surface area contributed by atoms with Crippen molar-refractivity contribution in [3.8, 4) is 5.75 Å². The van der Waals surface area contributed by atoms with Crippen molar-refractivity contribution in [1.82, 2.24) is 0 Å². The molecule has 1 N–H and O–H groups in total. The van der Waals surface area contributed by atoms with Gasteiger partial charge in [0.05, 0.1) is 16.4 Å². The fraction of sp³-hybridized carbons (Fsp3) is 0.200. The molecule has 2 aromatic carbocycles. The molecule has 0 spiro atoms. The Kier molecular flexibility index (Phi) is 4.85. The smallest absolute Gasteiger partial charge is 0.293 e. The third-order valence-corrected chi connectivity index (χ3v) is 4.43. The minimum absolute atomic E-state index is 0.0270. The number of nitrogens with one attached hydrogen (secondary N) is 1. The number of sulfonamides is 1. The zero-order valence-corrected chi connectivity index (χ0v) is 13.5. The van der Waals surface area contributed by atoms with Crippen LogP contribution in [0.4, 0.5) is 11.4 Å². The Morgan fingerprint density at radius 2 is 1.83 bits per heavy atom. The summed E-state index contributed by atoms with van der Waals surface area (Å²) in [4.78, 5) is 10.5. The van der Waals surface area contributed by atoms with E-state index in [0.717, 1.165) is 5.56 Å². The van der Waals surface area contributed by atoms with Crippen LogP contribution in [-0.4, -0.2) is 19.9 Å². The lowest BCUT2D eigenvalue weighted by molar-refractivity contribution is -0.383. The van der Waals surface area contributed by atoms with Crippen molar-refractivity contribution in [1.29, 1.82) is 0 Å². The number of hydrogen-bond acceptors (Lipinski definition) is 5. The molecule has 0 aliphatic rings. The lowest BCUT2D eigenvalue weighted by atomic mass is 10.2. The van der Waals surface area contributed by atoms with Crippen LogP contribution in [0, 0.1) is 17.0 Å². The highest BCUT2D eigenvalue weighted by atomic mass is 32.2. The Morgan fingerprint density at radius 3 is 2.39 bits per heavy atom. The van der Waals surface area contributed by atoms with Crippen molar-refractivity contribution >= 4 is 21.4 Å². The van der Waals surface area contributed by atoms with Gasteiger partial charge in [0.15, 0.2) is 0 Å². The molecule has 0 aliphatic heterocycles. The minimum Gasteiger partial charge on any atom is -0.494 e.